The van der Waals surface area contributed by atoms with Gasteiger partial charge in [-0.15, -0.1) is 5.10 Å². The highest BCUT2D eigenvalue weighted by atomic mass is 19.1. The number of aryl methyl sites for hydroxylation is 1. The van der Waals surface area contributed by atoms with E-state index in [1.54, 1.807) is 15.7 Å². The number of carbonyl (C=O) groups excluding carboxylic acids is 2. The quantitative estimate of drug-likeness (QED) is 0.255. The van der Waals surface area contributed by atoms with E-state index in [2.05, 4.69) is 15.5 Å². The van der Waals surface area contributed by atoms with Crippen molar-refractivity contribution in [3.63, 3.8) is 0 Å². The van der Waals surface area contributed by atoms with Gasteiger partial charge in [-0.1, -0.05) is 22.5 Å². The number of rotatable bonds is 9. The molecule has 2 aromatic heterocycles. The lowest BCUT2D eigenvalue weighted by molar-refractivity contribution is -0.136. The fraction of sp³-hybridized carbons (Fsp3) is 0.417. The molecule has 0 bridgehead atoms. The number of hydrogen-bond acceptors (Lipinski definition) is 10. The Morgan fingerprint density at radius 1 is 1.10 bits per heavy atom. The highest BCUT2D eigenvalue weighted by molar-refractivity contribution is 6.54. The minimum atomic E-state index is -1.37. The molecule has 2 saturated heterocycles. The number of piperidine rings is 1. The normalized spacial score (nSPS) is 20.5. The molecule has 4 aromatic rings. The summed E-state index contributed by atoms with van der Waals surface area (Å²) in [4.78, 5) is 62.3. The molecule has 3 aliphatic heterocycles. The molecule has 4 aliphatic rings. The number of fused-ring (bicyclic) bond motifs is 3. The maximum absolute atomic E-state index is 16.1. The third kappa shape index (κ3) is 5.52. The van der Waals surface area contributed by atoms with Gasteiger partial charge in [0.05, 0.1) is 42.5 Å². The van der Waals surface area contributed by atoms with Gasteiger partial charge < -0.3 is 33.9 Å². The predicted octanol–water partition coefficient (Wildman–Crippen LogP) is 3.11. The summed E-state index contributed by atoms with van der Waals surface area (Å²) >= 11 is 0. The summed E-state index contributed by atoms with van der Waals surface area (Å²) in [5, 5.41) is 22.0. The summed E-state index contributed by atoms with van der Waals surface area (Å²) < 4.78 is 25.1. The van der Waals surface area contributed by atoms with Crippen molar-refractivity contribution in [2.45, 2.75) is 57.8 Å². The van der Waals surface area contributed by atoms with E-state index in [0.29, 0.717) is 42.1 Å². The number of pyridine rings is 1. The first-order valence-corrected chi connectivity index (χ1v) is 17.2. The molecule has 8 rings (SSSR count). The Morgan fingerprint density at radius 3 is 2.63 bits per heavy atom. The number of aromatic carboxylic acids is 1. The van der Waals surface area contributed by atoms with Crippen LogP contribution in [0.25, 0.3) is 10.9 Å². The van der Waals surface area contributed by atoms with Crippen LogP contribution in [0.3, 0.4) is 0 Å². The molecule has 1 N–H and O–H groups in total. The SMILES string of the molecule is CO/N=C1/C(=O)N(Cc2cn(CC(=O)N3CCC[C@@H]4CN(c5c(F)cc6c(=O)c(C(=O)O)cn(C7CC7)c6c5OC)C[C@@H]43)nn2)c2cc(C)ccc21. The zero-order chi connectivity index (χ0) is 36.4. The van der Waals surface area contributed by atoms with Crippen LogP contribution >= 0.6 is 0 Å². The fourth-order valence-corrected chi connectivity index (χ4v) is 8.03. The minimum absolute atomic E-state index is 0.0159. The Morgan fingerprint density at radius 2 is 1.90 bits per heavy atom. The number of likely N-dealkylation sites (tertiary alicyclic amines) is 1. The van der Waals surface area contributed by atoms with Crippen molar-refractivity contribution < 1.29 is 33.5 Å². The number of nitrogens with zero attached hydrogens (tertiary/aromatic N) is 8. The standard InChI is InChI=1S/C36H37FN8O7/c1-19-6-9-23-27(11-19)45(35(48)30(23)39-52-3)15-21-14-42(40-38-21)18-29(46)43-10-4-5-20-13-41(17-28(20)43)32-26(37)12-24-31(34(32)51-2)44(22-7-8-22)16-25(33(24)47)36(49)50/h6,9,11-12,14,16,20,22,28H,4-5,7-8,10,13,15,17-18H2,1-3H3,(H,49,50)/b39-30+/t20-,28+/m1/s1. The predicted molar refractivity (Wildman–Crippen MR) is 186 cm³/mol. The van der Waals surface area contributed by atoms with Gasteiger partial charge >= 0.3 is 5.97 Å². The van der Waals surface area contributed by atoms with Gasteiger partial charge in [-0.3, -0.25) is 14.4 Å². The molecule has 1 saturated carbocycles. The van der Waals surface area contributed by atoms with Gasteiger partial charge in [-0.2, -0.15) is 0 Å². The number of ether oxygens (including phenoxy) is 1. The van der Waals surface area contributed by atoms with Crippen molar-refractivity contribution in [1.82, 2.24) is 24.5 Å². The third-order valence-electron chi connectivity index (χ3n) is 10.5. The highest BCUT2D eigenvalue weighted by Gasteiger charge is 2.43. The maximum atomic E-state index is 16.1. The second-order valence-corrected chi connectivity index (χ2v) is 13.9. The topological polar surface area (TPSA) is 165 Å². The van der Waals surface area contributed by atoms with Crippen molar-refractivity contribution in [1.29, 1.82) is 0 Å². The van der Waals surface area contributed by atoms with Gasteiger partial charge in [0, 0.05) is 37.4 Å². The molecule has 3 fully saturated rings. The molecule has 0 radical (unpaired) electrons. The summed E-state index contributed by atoms with van der Waals surface area (Å²) in [7, 11) is 2.81. The van der Waals surface area contributed by atoms with Crippen LogP contribution in [0.1, 0.15) is 58.9 Å². The lowest BCUT2D eigenvalue weighted by atomic mass is 9.92. The molecular weight excluding hydrogens is 675 g/mol. The molecule has 1 aliphatic carbocycles. The Bertz CT molecular complexity index is 2250. The number of methoxy groups -OCH3 is 1. The smallest absolute Gasteiger partial charge is 0.341 e. The van der Waals surface area contributed by atoms with E-state index >= 15 is 4.39 Å². The number of oxime groups is 1. The summed E-state index contributed by atoms with van der Waals surface area (Å²) in [6, 6.07) is 6.53. The van der Waals surface area contributed by atoms with E-state index in [1.165, 1.54) is 25.1 Å². The van der Waals surface area contributed by atoms with Gasteiger partial charge in [0.1, 0.15) is 30.6 Å². The maximum Gasteiger partial charge on any atom is 0.341 e. The van der Waals surface area contributed by atoms with Crippen LogP contribution in [0.15, 0.2) is 46.6 Å². The van der Waals surface area contributed by atoms with Crippen molar-refractivity contribution in [2.24, 2.45) is 11.1 Å². The van der Waals surface area contributed by atoms with Crippen LogP contribution in [0.4, 0.5) is 15.8 Å². The van der Waals surface area contributed by atoms with Crippen LogP contribution in [-0.4, -0.2) is 93.0 Å². The highest BCUT2D eigenvalue weighted by Crippen LogP contribution is 2.45. The van der Waals surface area contributed by atoms with Gasteiger partial charge in [0.2, 0.25) is 11.3 Å². The van der Waals surface area contributed by atoms with Gasteiger partial charge in [0.15, 0.2) is 17.3 Å². The Balaban J connectivity index is 1.02. The summed E-state index contributed by atoms with van der Waals surface area (Å²) in [6.45, 7) is 3.35. The zero-order valence-electron chi connectivity index (χ0n) is 28.9. The third-order valence-corrected chi connectivity index (χ3v) is 10.5. The summed E-state index contributed by atoms with van der Waals surface area (Å²) in [6.07, 6.45) is 6.23. The first-order chi connectivity index (χ1) is 25.1. The molecule has 16 heteroatoms. The lowest BCUT2D eigenvalue weighted by Crippen LogP contribution is -2.49. The summed E-state index contributed by atoms with van der Waals surface area (Å²) in [5.74, 6) is -2.29. The Labute approximate surface area is 296 Å². The first kappa shape index (κ1) is 33.3. The number of aromatic nitrogens is 4. The van der Waals surface area contributed by atoms with Crippen molar-refractivity contribution in [3.8, 4) is 5.75 Å². The number of amides is 2. The number of halogens is 1. The number of hydrogen-bond donors (Lipinski definition) is 1. The van der Waals surface area contributed by atoms with E-state index in [0.717, 1.165) is 37.3 Å². The van der Waals surface area contributed by atoms with Gasteiger partial charge in [-0.25, -0.2) is 13.9 Å². The van der Waals surface area contributed by atoms with Crippen molar-refractivity contribution >= 4 is 45.8 Å². The molecular formula is C36H37FN8O7. The monoisotopic (exact) mass is 712 g/mol. The Kier molecular flexibility index (Phi) is 8.18. The average molecular weight is 713 g/mol. The molecule has 2 aromatic carbocycles. The number of carboxylic acids is 1. The van der Waals surface area contributed by atoms with Crippen LogP contribution in [-0.2, 0) is 27.5 Å². The van der Waals surface area contributed by atoms with E-state index < -0.39 is 22.8 Å². The number of carbonyl (C=O) groups is 3. The molecule has 0 unspecified atom stereocenters. The molecule has 270 valence electrons. The van der Waals surface area contributed by atoms with Crippen molar-refractivity contribution in [3.05, 3.63) is 75.1 Å². The van der Waals surface area contributed by atoms with E-state index in [1.807, 2.05) is 34.9 Å². The molecule has 0 spiro atoms. The number of anilines is 2. The minimum Gasteiger partial charge on any atom is -0.492 e. The summed E-state index contributed by atoms with van der Waals surface area (Å²) in [5.41, 5.74) is 2.43. The number of benzene rings is 2. The van der Waals surface area contributed by atoms with Gasteiger partial charge in [-0.05, 0) is 56.2 Å². The van der Waals surface area contributed by atoms with E-state index in [9.17, 15) is 24.3 Å². The van der Waals surface area contributed by atoms with Gasteiger partial charge in [0.25, 0.3) is 5.91 Å². The van der Waals surface area contributed by atoms with E-state index in [4.69, 9.17) is 9.57 Å². The number of carboxylic acid groups (broad SMARTS) is 1. The largest absolute Gasteiger partial charge is 0.492 e. The van der Waals surface area contributed by atoms with Crippen LogP contribution in [0.5, 0.6) is 5.75 Å². The average Bonchev–Trinajstić information content (AvgIpc) is 3.64. The van der Waals surface area contributed by atoms with Crippen molar-refractivity contribution in [2.75, 3.05) is 43.7 Å². The van der Waals surface area contributed by atoms with Crippen LogP contribution in [0.2, 0.25) is 0 Å². The second-order valence-electron chi connectivity index (χ2n) is 13.9. The molecule has 2 atom stereocenters. The van der Waals surface area contributed by atoms with Crippen LogP contribution in [0, 0.1) is 18.7 Å². The molecule has 15 nitrogen and oxygen atoms in total. The Hall–Kier alpha value is -5.80. The molecule has 2 amide bonds. The molecule has 52 heavy (non-hydrogen) atoms. The lowest BCUT2D eigenvalue weighted by Gasteiger charge is -2.36. The first-order valence-electron chi connectivity index (χ1n) is 17.2. The zero-order valence-corrected chi connectivity index (χ0v) is 28.9. The second kappa shape index (κ2) is 12.8. The molecule has 5 heterocycles. The fourth-order valence-electron chi connectivity index (χ4n) is 8.03. The van der Waals surface area contributed by atoms with E-state index in [-0.39, 0.29) is 65.4 Å². The van der Waals surface area contributed by atoms with Crippen LogP contribution < -0.4 is 20.0 Å².